The van der Waals surface area contributed by atoms with Gasteiger partial charge in [0.05, 0.1) is 16.8 Å². The number of aromatic amines is 1. The zero-order valence-corrected chi connectivity index (χ0v) is 13.0. The van der Waals surface area contributed by atoms with Crippen molar-refractivity contribution in [2.24, 2.45) is 5.84 Å². The van der Waals surface area contributed by atoms with Gasteiger partial charge in [-0.3, -0.25) is 10.2 Å². The van der Waals surface area contributed by atoms with Gasteiger partial charge in [-0.25, -0.2) is 10.8 Å². The maximum absolute atomic E-state index is 11.0. The van der Waals surface area contributed by atoms with E-state index in [4.69, 9.17) is 5.84 Å². The lowest BCUT2D eigenvalue weighted by Crippen LogP contribution is -2.31. The molecule has 0 radical (unpaired) electrons. The number of H-pyrrole nitrogens is 1. The molecule has 8 heteroatoms. The summed E-state index contributed by atoms with van der Waals surface area (Å²) in [4.78, 5) is 18.6. The minimum absolute atomic E-state index is 0. The molecule has 0 aliphatic heterocycles. The van der Waals surface area contributed by atoms with Crippen LogP contribution in [-0.2, 0) is 4.79 Å². The van der Waals surface area contributed by atoms with E-state index in [2.05, 4.69) is 35.3 Å². The molecule has 0 atom stereocenters. The van der Waals surface area contributed by atoms with Crippen molar-refractivity contribution < 1.29 is 4.79 Å². The summed E-state index contributed by atoms with van der Waals surface area (Å²) < 4.78 is 0. The summed E-state index contributed by atoms with van der Waals surface area (Å²) in [6, 6.07) is 4.10. The summed E-state index contributed by atoms with van der Waals surface area (Å²) in [6.07, 6.45) is 0. The summed E-state index contributed by atoms with van der Waals surface area (Å²) in [5, 5.41) is 0.730. The van der Waals surface area contributed by atoms with Crippen LogP contribution in [0.15, 0.2) is 17.3 Å². The van der Waals surface area contributed by atoms with Crippen LogP contribution in [0.25, 0.3) is 11.0 Å². The maximum atomic E-state index is 11.0. The van der Waals surface area contributed by atoms with Gasteiger partial charge < -0.3 is 4.98 Å². The lowest BCUT2D eigenvalue weighted by atomic mass is 10.1. The average Bonchev–Trinajstić information content (AvgIpc) is 2.68. The number of amides is 1. The van der Waals surface area contributed by atoms with E-state index in [0.29, 0.717) is 0 Å². The highest BCUT2D eigenvalue weighted by Crippen LogP contribution is 2.21. The molecule has 1 aromatic heterocycles. The van der Waals surface area contributed by atoms with Crippen molar-refractivity contribution in [1.29, 1.82) is 0 Å². The molecule has 0 spiro atoms. The molecule has 1 aromatic carbocycles. The summed E-state index contributed by atoms with van der Waals surface area (Å²) in [5.41, 5.74) is 6.42. The van der Waals surface area contributed by atoms with Crippen LogP contribution in [0.2, 0.25) is 0 Å². The molecule has 0 unspecified atom stereocenters. The first kappa shape index (κ1) is 18.0. The third-order valence-electron chi connectivity index (χ3n) is 2.58. The van der Waals surface area contributed by atoms with Crippen LogP contribution >= 0.6 is 36.6 Å². The fraction of sp³-hybridized carbons (Fsp3) is 0.273. The van der Waals surface area contributed by atoms with Gasteiger partial charge in [-0.2, -0.15) is 0 Å². The minimum Gasteiger partial charge on any atom is -0.333 e. The number of imidazole rings is 1. The number of benzene rings is 1. The van der Waals surface area contributed by atoms with Crippen molar-refractivity contribution in [3.05, 3.63) is 23.3 Å². The molecule has 4 N–H and O–H groups in total. The molecule has 1 heterocycles. The van der Waals surface area contributed by atoms with E-state index >= 15 is 0 Å². The topological polar surface area (TPSA) is 83.8 Å². The number of halogens is 2. The molecule has 1 amide bonds. The van der Waals surface area contributed by atoms with E-state index in [9.17, 15) is 4.79 Å². The van der Waals surface area contributed by atoms with Crippen LogP contribution in [0.1, 0.15) is 11.1 Å². The van der Waals surface area contributed by atoms with E-state index in [0.717, 1.165) is 16.2 Å². The number of hydrogen-bond acceptors (Lipinski definition) is 4. The Morgan fingerprint density at radius 2 is 2.00 bits per heavy atom. The fourth-order valence-corrected chi connectivity index (χ4v) is 2.19. The largest absolute Gasteiger partial charge is 0.333 e. The Bertz CT molecular complexity index is 534. The van der Waals surface area contributed by atoms with Crippen molar-refractivity contribution in [2.75, 3.05) is 5.75 Å². The highest BCUT2D eigenvalue weighted by Gasteiger charge is 2.07. The van der Waals surface area contributed by atoms with Gasteiger partial charge >= 0.3 is 0 Å². The highest BCUT2D eigenvalue weighted by molar-refractivity contribution is 7.99. The number of hydrogen-bond donors (Lipinski definition) is 3. The molecule has 0 aliphatic carbocycles. The van der Waals surface area contributed by atoms with Crippen LogP contribution in [0.4, 0.5) is 0 Å². The van der Waals surface area contributed by atoms with Gasteiger partial charge in [0.25, 0.3) is 0 Å². The number of aromatic nitrogens is 2. The first-order valence-electron chi connectivity index (χ1n) is 5.19. The van der Waals surface area contributed by atoms with Gasteiger partial charge in [-0.05, 0) is 37.1 Å². The van der Waals surface area contributed by atoms with Gasteiger partial charge in [0.2, 0.25) is 5.91 Å². The number of carbonyl (C=O) groups is 1. The van der Waals surface area contributed by atoms with Gasteiger partial charge in [0, 0.05) is 0 Å². The zero-order valence-electron chi connectivity index (χ0n) is 10.5. The summed E-state index contributed by atoms with van der Waals surface area (Å²) in [7, 11) is 0. The van der Waals surface area contributed by atoms with Crippen molar-refractivity contribution >= 4 is 53.5 Å². The number of nitrogens with zero attached hydrogens (tertiary/aromatic N) is 1. The monoisotopic (exact) mass is 322 g/mol. The van der Waals surface area contributed by atoms with E-state index in [1.807, 2.05) is 6.07 Å². The molecule has 0 saturated heterocycles. The van der Waals surface area contributed by atoms with Crippen molar-refractivity contribution in [3.63, 3.8) is 0 Å². The first-order chi connectivity index (χ1) is 8.10. The Kier molecular flexibility index (Phi) is 7.21. The number of rotatable bonds is 3. The Morgan fingerprint density at radius 3 is 2.63 bits per heavy atom. The Balaban J connectivity index is 0.00000162. The number of carbonyl (C=O) groups excluding carboxylic acids is 1. The molecule has 106 valence electrons. The molecule has 0 fully saturated rings. The number of hydrazine groups is 1. The number of thioether (sulfide) groups is 1. The quantitative estimate of drug-likeness (QED) is 0.350. The van der Waals surface area contributed by atoms with Crippen molar-refractivity contribution in [1.82, 2.24) is 15.4 Å². The van der Waals surface area contributed by atoms with Gasteiger partial charge in [-0.1, -0.05) is 11.8 Å². The molecule has 5 nitrogen and oxygen atoms in total. The average molecular weight is 323 g/mol. The predicted molar refractivity (Wildman–Crippen MR) is 83.1 cm³/mol. The molecule has 0 bridgehead atoms. The molecular weight excluding hydrogens is 307 g/mol. The lowest BCUT2D eigenvalue weighted by molar-refractivity contribution is -0.118. The van der Waals surface area contributed by atoms with Crippen LogP contribution in [-0.4, -0.2) is 21.6 Å². The Labute approximate surface area is 127 Å². The van der Waals surface area contributed by atoms with Gasteiger partial charge in [0.15, 0.2) is 5.16 Å². The SMILES string of the molecule is Cc1cc2nc(SCC(=O)NN)[nH]c2cc1C.Cl.Cl. The first-order valence-corrected chi connectivity index (χ1v) is 6.18. The Hall–Kier alpha value is -0.950. The number of fused-ring (bicyclic) bond motifs is 1. The second-order valence-electron chi connectivity index (χ2n) is 3.85. The highest BCUT2D eigenvalue weighted by atomic mass is 35.5. The molecule has 0 aliphatic rings. The minimum atomic E-state index is -0.220. The van der Waals surface area contributed by atoms with Crippen LogP contribution < -0.4 is 11.3 Å². The zero-order chi connectivity index (χ0) is 12.4. The second-order valence-corrected chi connectivity index (χ2v) is 4.82. The van der Waals surface area contributed by atoms with E-state index in [1.54, 1.807) is 0 Å². The number of aryl methyl sites for hydroxylation is 2. The number of nitrogens with one attached hydrogen (secondary N) is 2. The standard InChI is InChI=1S/C11H14N4OS.2ClH/c1-6-3-8-9(4-7(6)2)14-11(13-8)17-5-10(16)15-12;;/h3-4H,5,12H2,1-2H3,(H,13,14)(H,15,16);2*1H. The van der Waals surface area contributed by atoms with E-state index in [1.165, 1.54) is 22.9 Å². The van der Waals surface area contributed by atoms with Crippen molar-refractivity contribution in [2.45, 2.75) is 19.0 Å². The van der Waals surface area contributed by atoms with Crippen LogP contribution in [0, 0.1) is 13.8 Å². The van der Waals surface area contributed by atoms with Crippen LogP contribution in [0.5, 0.6) is 0 Å². The molecular formula is C11H16Cl2N4OS. The smallest absolute Gasteiger partial charge is 0.244 e. The Morgan fingerprint density at radius 1 is 1.37 bits per heavy atom. The normalized spacial score (nSPS) is 9.63. The lowest BCUT2D eigenvalue weighted by Gasteiger charge is -1.97. The number of nitrogens with two attached hydrogens (primary N) is 1. The summed E-state index contributed by atoms with van der Waals surface area (Å²) in [6.45, 7) is 4.11. The van der Waals surface area contributed by atoms with Gasteiger partial charge in [-0.15, -0.1) is 24.8 Å². The summed E-state index contributed by atoms with van der Waals surface area (Å²) in [5.74, 6) is 5.05. The molecule has 2 aromatic rings. The predicted octanol–water partition coefficient (Wildman–Crippen LogP) is 2.11. The molecule has 19 heavy (non-hydrogen) atoms. The fourth-order valence-electron chi connectivity index (χ4n) is 1.49. The molecule has 0 saturated carbocycles. The molecule has 2 rings (SSSR count). The third kappa shape index (κ3) is 4.28. The van der Waals surface area contributed by atoms with Crippen molar-refractivity contribution in [3.8, 4) is 0 Å². The van der Waals surface area contributed by atoms with E-state index < -0.39 is 0 Å². The van der Waals surface area contributed by atoms with Gasteiger partial charge in [0.1, 0.15) is 0 Å². The maximum Gasteiger partial charge on any atom is 0.244 e. The second kappa shape index (κ2) is 7.59. The van der Waals surface area contributed by atoms with Crippen LogP contribution in [0.3, 0.4) is 0 Å². The third-order valence-corrected chi connectivity index (χ3v) is 3.45. The summed E-state index contributed by atoms with van der Waals surface area (Å²) >= 11 is 1.33. The van der Waals surface area contributed by atoms with E-state index in [-0.39, 0.29) is 36.5 Å².